The van der Waals surface area contributed by atoms with Crippen molar-refractivity contribution < 1.29 is 19.1 Å². The molecule has 2 N–H and O–H groups in total. The van der Waals surface area contributed by atoms with Crippen molar-refractivity contribution in [3.63, 3.8) is 0 Å². The summed E-state index contributed by atoms with van der Waals surface area (Å²) >= 11 is 3.22. The number of halogens is 2. The molecule has 2 aromatic rings. The Bertz CT molecular complexity index is 703. The van der Waals surface area contributed by atoms with Crippen molar-refractivity contribution in [2.75, 3.05) is 0 Å². The van der Waals surface area contributed by atoms with Gasteiger partial charge in [-0.1, -0.05) is 28.1 Å². The molecule has 0 aliphatic carbocycles. The first-order valence-corrected chi connectivity index (χ1v) is 6.83. The van der Waals surface area contributed by atoms with E-state index in [-0.39, 0.29) is 17.7 Å². The third kappa shape index (κ3) is 3.66. The number of aromatic carboxylic acids is 1. The molecule has 2 rings (SSSR count). The summed E-state index contributed by atoms with van der Waals surface area (Å²) in [6.45, 7) is -0.0297. The van der Waals surface area contributed by atoms with Gasteiger partial charge < -0.3 is 10.4 Å². The quantitative estimate of drug-likeness (QED) is 0.888. The van der Waals surface area contributed by atoms with Crippen molar-refractivity contribution in [1.29, 1.82) is 0 Å². The predicted molar refractivity (Wildman–Crippen MR) is 78.7 cm³/mol. The van der Waals surface area contributed by atoms with Crippen LogP contribution in [0.25, 0.3) is 0 Å². The van der Waals surface area contributed by atoms with Gasteiger partial charge in [0.15, 0.2) is 0 Å². The van der Waals surface area contributed by atoms with Gasteiger partial charge in [-0.3, -0.25) is 4.79 Å². The molecule has 2 aromatic carbocycles. The fourth-order valence-corrected chi connectivity index (χ4v) is 2.23. The van der Waals surface area contributed by atoms with Crippen molar-refractivity contribution in [2.24, 2.45) is 0 Å². The van der Waals surface area contributed by atoms with Crippen molar-refractivity contribution in [1.82, 2.24) is 5.32 Å². The maximum absolute atomic E-state index is 13.6. The fourth-order valence-electron chi connectivity index (χ4n) is 1.82. The zero-order valence-corrected chi connectivity index (χ0v) is 12.4. The highest BCUT2D eigenvalue weighted by Gasteiger charge is 2.15. The molecule has 0 fully saturated rings. The molecule has 0 unspecified atom stereocenters. The predicted octanol–water partition coefficient (Wildman–Crippen LogP) is 3.22. The van der Waals surface area contributed by atoms with Gasteiger partial charge in [0.05, 0.1) is 11.1 Å². The first kappa shape index (κ1) is 15.2. The summed E-state index contributed by atoms with van der Waals surface area (Å²) in [7, 11) is 0. The molecule has 1 amide bonds. The van der Waals surface area contributed by atoms with Gasteiger partial charge in [0.1, 0.15) is 5.82 Å². The molecule has 0 aliphatic rings. The summed E-state index contributed by atoms with van der Waals surface area (Å²) in [5.74, 6) is -2.19. The van der Waals surface area contributed by atoms with Crippen LogP contribution < -0.4 is 5.32 Å². The Kier molecular flexibility index (Phi) is 4.70. The zero-order chi connectivity index (χ0) is 15.4. The summed E-state index contributed by atoms with van der Waals surface area (Å²) in [6.07, 6.45) is 0. The van der Waals surface area contributed by atoms with E-state index in [0.29, 0.717) is 10.0 Å². The number of hydrogen-bond donors (Lipinski definition) is 2. The molecular weight excluding hydrogens is 341 g/mol. The van der Waals surface area contributed by atoms with E-state index in [2.05, 4.69) is 21.2 Å². The summed E-state index contributed by atoms with van der Waals surface area (Å²) < 4.78 is 14.3. The molecule has 4 nitrogen and oxygen atoms in total. The van der Waals surface area contributed by atoms with E-state index in [1.807, 2.05) is 0 Å². The Morgan fingerprint density at radius 3 is 2.48 bits per heavy atom. The van der Waals surface area contributed by atoms with E-state index in [4.69, 9.17) is 5.11 Å². The minimum atomic E-state index is -1.19. The number of hydrogen-bond acceptors (Lipinski definition) is 2. The molecule has 6 heteroatoms. The molecule has 0 aliphatic heterocycles. The van der Waals surface area contributed by atoms with Crippen LogP contribution >= 0.6 is 15.9 Å². The Balaban J connectivity index is 2.16. The van der Waals surface area contributed by atoms with Gasteiger partial charge in [-0.2, -0.15) is 0 Å². The number of benzene rings is 2. The smallest absolute Gasteiger partial charge is 0.336 e. The molecule has 0 radical (unpaired) electrons. The van der Waals surface area contributed by atoms with Crippen LogP contribution in [0.5, 0.6) is 0 Å². The van der Waals surface area contributed by atoms with Gasteiger partial charge in [0.25, 0.3) is 5.91 Å². The second-order valence-corrected chi connectivity index (χ2v) is 5.18. The lowest BCUT2D eigenvalue weighted by molar-refractivity contribution is 0.0691. The molecule has 0 atom stereocenters. The van der Waals surface area contributed by atoms with Crippen LogP contribution in [0.3, 0.4) is 0 Å². The fraction of sp³-hybridized carbons (Fsp3) is 0.0667. The highest BCUT2D eigenvalue weighted by Crippen LogP contribution is 2.16. The lowest BCUT2D eigenvalue weighted by Crippen LogP contribution is -2.25. The Hall–Kier alpha value is -2.21. The number of carbonyl (C=O) groups excluding carboxylic acids is 1. The largest absolute Gasteiger partial charge is 0.478 e. The number of carboxylic acids is 1. The minimum Gasteiger partial charge on any atom is -0.478 e. The van der Waals surface area contributed by atoms with Crippen LogP contribution in [0.4, 0.5) is 4.39 Å². The Labute approximate surface area is 128 Å². The van der Waals surface area contributed by atoms with E-state index in [9.17, 15) is 14.0 Å². The van der Waals surface area contributed by atoms with Gasteiger partial charge in [0.2, 0.25) is 0 Å². The first-order chi connectivity index (χ1) is 9.99. The van der Waals surface area contributed by atoms with E-state index >= 15 is 0 Å². The topological polar surface area (TPSA) is 66.4 Å². The van der Waals surface area contributed by atoms with Crippen molar-refractivity contribution in [3.8, 4) is 0 Å². The molecule has 0 aromatic heterocycles. The molecule has 0 saturated heterocycles. The SMILES string of the molecule is O=C(O)c1ccccc1C(=O)NCc1cc(Br)ccc1F. The average Bonchev–Trinajstić information content (AvgIpc) is 2.47. The van der Waals surface area contributed by atoms with E-state index in [1.54, 1.807) is 18.2 Å². The van der Waals surface area contributed by atoms with Crippen LogP contribution in [0, 0.1) is 5.82 Å². The minimum absolute atomic E-state index is 0.0297. The molecule has 0 saturated carbocycles. The Morgan fingerprint density at radius 2 is 1.81 bits per heavy atom. The molecule has 0 spiro atoms. The highest BCUT2D eigenvalue weighted by atomic mass is 79.9. The number of amides is 1. The summed E-state index contributed by atoms with van der Waals surface area (Å²) in [5, 5.41) is 11.5. The van der Waals surface area contributed by atoms with E-state index in [1.165, 1.54) is 24.3 Å². The summed E-state index contributed by atoms with van der Waals surface area (Å²) in [6, 6.07) is 10.3. The third-order valence-corrected chi connectivity index (χ3v) is 3.34. The normalized spacial score (nSPS) is 10.2. The Morgan fingerprint density at radius 1 is 1.14 bits per heavy atom. The summed E-state index contributed by atoms with van der Waals surface area (Å²) in [4.78, 5) is 23.1. The van der Waals surface area contributed by atoms with E-state index < -0.39 is 17.7 Å². The van der Waals surface area contributed by atoms with Gasteiger partial charge >= 0.3 is 5.97 Å². The number of carboxylic acid groups (broad SMARTS) is 1. The monoisotopic (exact) mass is 351 g/mol. The van der Waals surface area contributed by atoms with Crippen molar-refractivity contribution in [2.45, 2.75) is 6.54 Å². The molecule has 0 heterocycles. The van der Waals surface area contributed by atoms with Crippen LogP contribution in [0.2, 0.25) is 0 Å². The highest BCUT2D eigenvalue weighted by molar-refractivity contribution is 9.10. The zero-order valence-electron chi connectivity index (χ0n) is 10.8. The molecule has 0 bridgehead atoms. The maximum Gasteiger partial charge on any atom is 0.336 e. The second kappa shape index (κ2) is 6.49. The van der Waals surface area contributed by atoms with Crippen molar-refractivity contribution in [3.05, 3.63) is 69.4 Å². The third-order valence-electron chi connectivity index (χ3n) is 2.85. The van der Waals surface area contributed by atoms with Crippen LogP contribution in [-0.4, -0.2) is 17.0 Å². The van der Waals surface area contributed by atoms with Gasteiger partial charge in [-0.15, -0.1) is 0 Å². The standard InChI is InChI=1S/C15H11BrFNO3/c16-10-5-6-13(17)9(7-10)8-18-14(19)11-3-1-2-4-12(11)15(20)21/h1-7H,8H2,(H,18,19)(H,20,21). The number of carbonyl (C=O) groups is 2. The van der Waals surface area contributed by atoms with Gasteiger partial charge in [-0.25, -0.2) is 9.18 Å². The molecule has 108 valence electrons. The van der Waals surface area contributed by atoms with Gasteiger partial charge in [0, 0.05) is 16.6 Å². The lowest BCUT2D eigenvalue weighted by Gasteiger charge is -2.08. The van der Waals surface area contributed by atoms with Crippen molar-refractivity contribution >= 4 is 27.8 Å². The lowest BCUT2D eigenvalue weighted by atomic mass is 10.1. The van der Waals surface area contributed by atoms with Crippen LogP contribution in [0.15, 0.2) is 46.9 Å². The maximum atomic E-state index is 13.6. The average molecular weight is 352 g/mol. The van der Waals surface area contributed by atoms with E-state index in [0.717, 1.165) is 0 Å². The van der Waals surface area contributed by atoms with Crippen LogP contribution in [-0.2, 0) is 6.54 Å². The summed E-state index contributed by atoms with van der Waals surface area (Å²) in [5.41, 5.74) is 0.260. The molecule has 21 heavy (non-hydrogen) atoms. The number of nitrogens with one attached hydrogen (secondary N) is 1. The first-order valence-electron chi connectivity index (χ1n) is 6.03. The van der Waals surface area contributed by atoms with Crippen LogP contribution in [0.1, 0.15) is 26.3 Å². The molecular formula is C15H11BrFNO3. The van der Waals surface area contributed by atoms with Gasteiger partial charge in [-0.05, 0) is 30.3 Å². The number of rotatable bonds is 4. The second-order valence-electron chi connectivity index (χ2n) is 4.27.